The molecule has 28 heavy (non-hydrogen) atoms. The van der Waals surface area contributed by atoms with Crippen molar-refractivity contribution in [2.75, 3.05) is 25.0 Å². The van der Waals surface area contributed by atoms with Gasteiger partial charge in [-0.25, -0.2) is 0 Å². The van der Waals surface area contributed by atoms with Crippen LogP contribution in [0, 0.1) is 5.92 Å². The van der Waals surface area contributed by atoms with Gasteiger partial charge in [-0.15, -0.1) is 0 Å². The molecule has 1 aromatic carbocycles. The number of carbonyl (C=O) groups excluding carboxylic acids is 2. The van der Waals surface area contributed by atoms with E-state index in [0.29, 0.717) is 28.7 Å². The van der Waals surface area contributed by atoms with Gasteiger partial charge in [-0.3, -0.25) is 14.6 Å². The lowest BCUT2D eigenvalue weighted by Gasteiger charge is -2.44. The number of hydrogen-bond acceptors (Lipinski definition) is 5. The molecule has 2 amide bonds. The average Bonchev–Trinajstić information content (AvgIpc) is 2.69. The number of fused-ring (bicyclic) bond motifs is 3. The number of pyridine rings is 1. The van der Waals surface area contributed by atoms with Crippen molar-refractivity contribution in [1.29, 1.82) is 0 Å². The molecule has 2 aromatic rings. The minimum absolute atomic E-state index is 0.0420. The standard InChI is InChI=1S/C21H24N4O3/c1-14(26)23-17-10-19(12-22-11-17)28-18-4-2-16(3-5-18)21(27)24-20-13-25-8-6-15(20)7-9-25/h2-5,10-12,15,20H,6-9,13H2,1H3,(H,23,26)(H,24,27). The number of piperidine rings is 3. The van der Waals surface area contributed by atoms with Crippen molar-refractivity contribution in [3.63, 3.8) is 0 Å². The first-order valence-electron chi connectivity index (χ1n) is 9.60. The van der Waals surface area contributed by atoms with E-state index in [1.54, 1.807) is 42.7 Å². The molecule has 3 fully saturated rings. The van der Waals surface area contributed by atoms with Crippen molar-refractivity contribution in [2.45, 2.75) is 25.8 Å². The van der Waals surface area contributed by atoms with Gasteiger partial charge in [0.15, 0.2) is 0 Å². The number of ether oxygens (including phenoxy) is 1. The van der Waals surface area contributed by atoms with E-state index >= 15 is 0 Å². The Morgan fingerprint density at radius 1 is 1.11 bits per heavy atom. The number of rotatable bonds is 5. The van der Waals surface area contributed by atoms with Crippen molar-refractivity contribution in [3.8, 4) is 11.5 Å². The summed E-state index contributed by atoms with van der Waals surface area (Å²) < 4.78 is 5.77. The second-order valence-electron chi connectivity index (χ2n) is 7.43. The topological polar surface area (TPSA) is 83.6 Å². The number of amides is 2. The van der Waals surface area contributed by atoms with Crippen LogP contribution in [0.25, 0.3) is 0 Å². The van der Waals surface area contributed by atoms with Crippen molar-refractivity contribution < 1.29 is 14.3 Å². The maximum absolute atomic E-state index is 12.6. The Kier molecular flexibility index (Phi) is 5.25. The fourth-order valence-electron chi connectivity index (χ4n) is 3.94. The lowest BCUT2D eigenvalue weighted by atomic mass is 9.84. The highest BCUT2D eigenvalue weighted by molar-refractivity contribution is 5.94. The highest BCUT2D eigenvalue weighted by atomic mass is 16.5. The molecule has 1 aromatic heterocycles. The van der Waals surface area contributed by atoms with Gasteiger partial charge >= 0.3 is 0 Å². The average molecular weight is 380 g/mol. The zero-order chi connectivity index (χ0) is 19.5. The van der Waals surface area contributed by atoms with E-state index in [4.69, 9.17) is 4.74 Å². The summed E-state index contributed by atoms with van der Waals surface area (Å²) in [4.78, 5) is 30.2. The van der Waals surface area contributed by atoms with E-state index in [9.17, 15) is 9.59 Å². The molecular weight excluding hydrogens is 356 g/mol. The van der Waals surface area contributed by atoms with Crippen molar-refractivity contribution in [1.82, 2.24) is 15.2 Å². The van der Waals surface area contributed by atoms with Gasteiger partial charge in [0.1, 0.15) is 11.5 Å². The Balaban J connectivity index is 1.37. The van der Waals surface area contributed by atoms with Crippen LogP contribution in [0.2, 0.25) is 0 Å². The molecule has 4 heterocycles. The minimum Gasteiger partial charge on any atom is -0.456 e. The highest BCUT2D eigenvalue weighted by Crippen LogP contribution is 2.28. The Morgan fingerprint density at radius 2 is 1.86 bits per heavy atom. The maximum Gasteiger partial charge on any atom is 0.251 e. The zero-order valence-electron chi connectivity index (χ0n) is 15.9. The largest absolute Gasteiger partial charge is 0.456 e. The third-order valence-corrected chi connectivity index (χ3v) is 5.36. The molecule has 3 aliphatic rings. The van der Waals surface area contributed by atoms with Crippen molar-refractivity contribution >= 4 is 17.5 Å². The van der Waals surface area contributed by atoms with Crippen molar-refractivity contribution in [3.05, 3.63) is 48.3 Å². The van der Waals surface area contributed by atoms with E-state index in [0.717, 1.165) is 19.6 Å². The highest BCUT2D eigenvalue weighted by Gasteiger charge is 2.34. The first-order valence-corrected chi connectivity index (χ1v) is 9.60. The molecule has 1 unspecified atom stereocenters. The van der Waals surface area contributed by atoms with Crippen LogP contribution in [0.5, 0.6) is 11.5 Å². The molecule has 0 spiro atoms. The summed E-state index contributed by atoms with van der Waals surface area (Å²) >= 11 is 0. The summed E-state index contributed by atoms with van der Waals surface area (Å²) in [5, 5.41) is 5.86. The van der Waals surface area contributed by atoms with Crippen LogP contribution < -0.4 is 15.4 Å². The number of nitrogens with one attached hydrogen (secondary N) is 2. The molecule has 0 radical (unpaired) electrons. The lowest BCUT2D eigenvalue weighted by Crippen LogP contribution is -2.57. The normalized spacial score (nSPS) is 23.1. The third kappa shape index (κ3) is 4.31. The fourth-order valence-corrected chi connectivity index (χ4v) is 3.94. The van der Waals surface area contributed by atoms with Gasteiger partial charge in [0.05, 0.1) is 18.1 Å². The van der Waals surface area contributed by atoms with Crippen LogP contribution >= 0.6 is 0 Å². The first-order chi connectivity index (χ1) is 13.6. The number of carbonyl (C=O) groups is 2. The van der Waals surface area contributed by atoms with E-state index in [2.05, 4.69) is 20.5 Å². The third-order valence-electron chi connectivity index (χ3n) is 5.36. The van der Waals surface area contributed by atoms with Gasteiger partial charge in [0.2, 0.25) is 5.91 Å². The molecule has 0 saturated carbocycles. The molecule has 146 valence electrons. The van der Waals surface area contributed by atoms with Crippen LogP contribution in [0.1, 0.15) is 30.1 Å². The van der Waals surface area contributed by atoms with Crippen molar-refractivity contribution in [2.24, 2.45) is 5.92 Å². The SMILES string of the molecule is CC(=O)Nc1cncc(Oc2ccc(C(=O)NC3CN4CCC3CC4)cc2)c1. The molecular formula is C21H24N4O3. The predicted molar refractivity (Wildman–Crippen MR) is 105 cm³/mol. The van der Waals surface area contributed by atoms with Crippen LogP contribution in [0.15, 0.2) is 42.7 Å². The zero-order valence-corrected chi connectivity index (χ0v) is 15.9. The predicted octanol–water partition coefficient (Wildman–Crippen LogP) is 2.66. The smallest absolute Gasteiger partial charge is 0.251 e. The number of hydrogen-bond donors (Lipinski definition) is 2. The first kappa shape index (κ1) is 18.4. The number of benzene rings is 1. The molecule has 3 saturated heterocycles. The van der Waals surface area contributed by atoms with Gasteiger partial charge in [-0.2, -0.15) is 0 Å². The molecule has 5 rings (SSSR count). The van der Waals surface area contributed by atoms with Gasteiger partial charge < -0.3 is 20.3 Å². The number of nitrogens with zero attached hydrogens (tertiary/aromatic N) is 2. The maximum atomic E-state index is 12.6. The summed E-state index contributed by atoms with van der Waals surface area (Å²) in [5.74, 6) is 1.49. The van der Waals surface area contributed by atoms with Gasteiger partial charge in [-0.05, 0) is 56.1 Å². The second kappa shape index (κ2) is 7.98. The lowest BCUT2D eigenvalue weighted by molar-refractivity contribution is -0.114. The van der Waals surface area contributed by atoms with Crippen LogP contribution in [0.3, 0.4) is 0 Å². The Labute approximate surface area is 164 Å². The summed E-state index contributed by atoms with van der Waals surface area (Å²) in [6, 6.07) is 8.98. The summed E-state index contributed by atoms with van der Waals surface area (Å²) in [5.41, 5.74) is 1.19. The molecule has 3 aliphatic heterocycles. The fraction of sp³-hybridized carbons (Fsp3) is 0.381. The monoisotopic (exact) mass is 380 g/mol. The van der Waals surface area contributed by atoms with E-state index in [1.807, 2.05) is 0 Å². The summed E-state index contributed by atoms with van der Waals surface area (Å²) in [7, 11) is 0. The van der Waals surface area contributed by atoms with Gasteiger partial charge in [0.25, 0.3) is 5.91 Å². The van der Waals surface area contributed by atoms with Crippen LogP contribution in [0.4, 0.5) is 5.69 Å². The number of aromatic nitrogens is 1. The van der Waals surface area contributed by atoms with E-state index in [1.165, 1.54) is 19.8 Å². The summed E-state index contributed by atoms with van der Waals surface area (Å²) in [6.45, 7) is 4.70. The van der Waals surface area contributed by atoms with Crippen LogP contribution in [-0.4, -0.2) is 47.4 Å². The quantitative estimate of drug-likeness (QED) is 0.833. The molecule has 1 atom stereocenters. The number of anilines is 1. The Morgan fingerprint density at radius 3 is 2.50 bits per heavy atom. The molecule has 2 bridgehead atoms. The Bertz CT molecular complexity index is 860. The van der Waals surface area contributed by atoms with E-state index in [-0.39, 0.29) is 17.9 Å². The minimum atomic E-state index is -0.169. The molecule has 2 N–H and O–H groups in total. The van der Waals surface area contributed by atoms with Gasteiger partial charge in [0, 0.05) is 31.1 Å². The van der Waals surface area contributed by atoms with Crippen LogP contribution in [-0.2, 0) is 4.79 Å². The second-order valence-corrected chi connectivity index (χ2v) is 7.43. The molecule has 0 aliphatic carbocycles. The Hall–Kier alpha value is -2.93. The van der Waals surface area contributed by atoms with Gasteiger partial charge in [-0.1, -0.05) is 0 Å². The van der Waals surface area contributed by atoms with E-state index < -0.39 is 0 Å². The molecule has 7 nitrogen and oxygen atoms in total. The molecule has 7 heteroatoms. The summed E-state index contributed by atoms with van der Waals surface area (Å²) in [6.07, 6.45) is 5.46.